The fraction of sp³-hybridized carbons (Fsp3) is 0.857. The number of hydrogen-bond donors (Lipinski definition) is 2. The Morgan fingerprint density at radius 2 is 1.89 bits per heavy atom. The van der Waals surface area contributed by atoms with E-state index in [2.05, 4.69) is 10.6 Å². The van der Waals surface area contributed by atoms with Gasteiger partial charge in [-0.1, -0.05) is 13.8 Å². The van der Waals surface area contributed by atoms with Gasteiger partial charge < -0.3 is 15.5 Å². The Morgan fingerprint density at radius 1 is 1.21 bits per heavy atom. The normalized spacial score (nSPS) is 24.8. The molecule has 108 valence electrons. The van der Waals surface area contributed by atoms with Gasteiger partial charge >= 0.3 is 0 Å². The predicted molar refractivity (Wildman–Crippen MR) is 73.6 cm³/mol. The molecule has 2 rings (SSSR count). The molecule has 19 heavy (non-hydrogen) atoms. The first kappa shape index (κ1) is 14.3. The highest BCUT2D eigenvalue weighted by atomic mass is 16.2. The zero-order valence-electron chi connectivity index (χ0n) is 11.9. The summed E-state index contributed by atoms with van der Waals surface area (Å²) in [7, 11) is 0. The summed E-state index contributed by atoms with van der Waals surface area (Å²) in [6.07, 6.45) is 3.77. The second kappa shape index (κ2) is 6.37. The number of hydrogen-bond acceptors (Lipinski definition) is 3. The van der Waals surface area contributed by atoms with Crippen molar-refractivity contribution < 1.29 is 9.59 Å². The Hall–Kier alpha value is -1.10. The third-order valence-corrected chi connectivity index (χ3v) is 4.02. The van der Waals surface area contributed by atoms with E-state index in [1.807, 2.05) is 18.7 Å². The molecule has 2 amide bonds. The molecule has 0 spiro atoms. The van der Waals surface area contributed by atoms with Gasteiger partial charge in [-0.15, -0.1) is 0 Å². The van der Waals surface area contributed by atoms with Crippen molar-refractivity contribution in [2.24, 2.45) is 5.92 Å². The van der Waals surface area contributed by atoms with E-state index < -0.39 is 0 Å². The van der Waals surface area contributed by atoms with Crippen molar-refractivity contribution in [3.05, 3.63) is 0 Å². The maximum Gasteiger partial charge on any atom is 0.237 e. The Labute approximate surface area is 115 Å². The SMILES string of the molecule is CC(C)C(=O)N1CCC(NC(=O)[C@@H]2CCCN2)CC1. The van der Waals surface area contributed by atoms with Crippen LogP contribution in [0.15, 0.2) is 0 Å². The molecule has 5 heteroatoms. The van der Waals surface area contributed by atoms with Gasteiger partial charge in [-0.2, -0.15) is 0 Å². The highest BCUT2D eigenvalue weighted by Crippen LogP contribution is 2.14. The van der Waals surface area contributed by atoms with Crippen molar-refractivity contribution >= 4 is 11.8 Å². The van der Waals surface area contributed by atoms with Gasteiger partial charge in [-0.05, 0) is 32.2 Å². The molecule has 0 aromatic heterocycles. The van der Waals surface area contributed by atoms with Gasteiger partial charge in [0.2, 0.25) is 11.8 Å². The number of nitrogens with zero attached hydrogens (tertiary/aromatic N) is 1. The molecule has 0 saturated carbocycles. The number of rotatable bonds is 3. The summed E-state index contributed by atoms with van der Waals surface area (Å²) in [5.41, 5.74) is 0. The third-order valence-electron chi connectivity index (χ3n) is 4.02. The van der Waals surface area contributed by atoms with E-state index >= 15 is 0 Å². The number of carbonyl (C=O) groups is 2. The van der Waals surface area contributed by atoms with E-state index in [0.717, 1.165) is 45.3 Å². The Kier molecular flexibility index (Phi) is 4.80. The van der Waals surface area contributed by atoms with Gasteiger partial charge in [0.25, 0.3) is 0 Å². The minimum atomic E-state index is -0.00433. The Balaban J connectivity index is 1.74. The molecule has 0 aromatic carbocycles. The standard InChI is InChI=1S/C14H25N3O2/c1-10(2)14(19)17-8-5-11(6-9-17)16-13(18)12-4-3-7-15-12/h10-12,15H,3-9H2,1-2H3,(H,16,18)/t12-/m0/s1. The van der Waals surface area contributed by atoms with Gasteiger partial charge in [0, 0.05) is 25.0 Å². The summed E-state index contributed by atoms with van der Waals surface area (Å²) >= 11 is 0. The second-order valence-electron chi connectivity index (χ2n) is 5.91. The van der Waals surface area contributed by atoms with Crippen LogP contribution in [-0.2, 0) is 9.59 Å². The molecule has 2 fully saturated rings. The van der Waals surface area contributed by atoms with Crippen molar-refractivity contribution in [2.45, 2.75) is 51.6 Å². The van der Waals surface area contributed by atoms with Crippen molar-refractivity contribution in [1.29, 1.82) is 0 Å². The fourth-order valence-electron chi connectivity index (χ4n) is 2.82. The van der Waals surface area contributed by atoms with E-state index in [-0.39, 0.29) is 29.8 Å². The zero-order valence-corrected chi connectivity index (χ0v) is 11.9. The van der Waals surface area contributed by atoms with Crippen LogP contribution in [0.1, 0.15) is 39.5 Å². The fourth-order valence-corrected chi connectivity index (χ4v) is 2.82. The highest BCUT2D eigenvalue weighted by molar-refractivity contribution is 5.82. The lowest BCUT2D eigenvalue weighted by atomic mass is 10.0. The average Bonchev–Trinajstić information content (AvgIpc) is 2.92. The number of amides is 2. The Bertz CT molecular complexity index is 330. The van der Waals surface area contributed by atoms with Gasteiger partial charge in [0.1, 0.15) is 0 Å². The van der Waals surface area contributed by atoms with E-state index in [1.54, 1.807) is 0 Å². The summed E-state index contributed by atoms with van der Waals surface area (Å²) in [5, 5.41) is 6.32. The van der Waals surface area contributed by atoms with Crippen LogP contribution >= 0.6 is 0 Å². The second-order valence-corrected chi connectivity index (χ2v) is 5.91. The molecule has 2 heterocycles. The maximum absolute atomic E-state index is 12.0. The van der Waals surface area contributed by atoms with E-state index in [0.29, 0.717) is 0 Å². The van der Waals surface area contributed by atoms with E-state index in [4.69, 9.17) is 0 Å². The molecular weight excluding hydrogens is 242 g/mol. The van der Waals surface area contributed by atoms with Crippen molar-refractivity contribution in [3.8, 4) is 0 Å². The van der Waals surface area contributed by atoms with E-state index in [1.165, 1.54) is 0 Å². The van der Waals surface area contributed by atoms with Gasteiger partial charge in [-0.3, -0.25) is 9.59 Å². The van der Waals surface area contributed by atoms with Gasteiger partial charge in [-0.25, -0.2) is 0 Å². The monoisotopic (exact) mass is 267 g/mol. The summed E-state index contributed by atoms with van der Waals surface area (Å²) in [4.78, 5) is 25.8. The van der Waals surface area contributed by atoms with Crippen LogP contribution in [-0.4, -0.2) is 48.4 Å². The predicted octanol–water partition coefficient (Wildman–Crippen LogP) is 0.502. The zero-order chi connectivity index (χ0) is 13.8. The molecule has 0 aromatic rings. The lowest BCUT2D eigenvalue weighted by Gasteiger charge is -2.33. The van der Waals surface area contributed by atoms with Crippen molar-refractivity contribution in [1.82, 2.24) is 15.5 Å². The largest absolute Gasteiger partial charge is 0.352 e. The first-order valence-corrected chi connectivity index (χ1v) is 7.40. The van der Waals surface area contributed by atoms with Crippen LogP contribution in [0.3, 0.4) is 0 Å². The first-order chi connectivity index (χ1) is 9.08. The van der Waals surface area contributed by atoms with Crippen LogP contribution in [0, 0.1) is 5.92 Å². The Morgan fingerprint density at radius 3 is 2.42 bits per heavy atom. The number of likely N-dealkylation sites (tertiary alicyclic amines) is 1. The van der Waals surface area contributed by atoms with Crippen LogP contribution < -0.4 is 10.6 Å². The van der Waals surface area contributed by atoms with Crippen molar-refractivity contribution in [3.63, 3.8) is 0 Å². The molecular formula is C14H25N3O2. The van der Waals surface area contributed by atoms with Crippen molar-refractivity contribution in [2.75, 3.05) is 19.6 Å². The molecule has 1 atom stereocenters. The summed E-state index contributed by atoms with van der Waals surface area (Å²) in [5.74, 6) is 0.419. The van der Waals surface area contributed by atoms with Crippen LogP contribution in [0.4, 0.5) is 0 Å². The quantitative estimate of drug-likeness (QED) is 0.783. The molecule has 2 aliphatic heterocycles. The molecule has 0 bridgehead atoms. The van der Waals surface area contributed by atoms with Crippen LogP contribution in [0.2, 0.25) is 0 Å². The molecule has 5 nitrogen and oxygen atoms in total. The van der Waals surface area contributed by atoms with E-state index in [9.17, 15) is 9.59 Å². The van der Waals surface area contributed by atoms with Gasteiger partial charge in [0.05, 0.1) is 6.04 Å². The molecule has 0 unspecified atom stereocenters. The molecule has 2 saturated heterocycles. The topological polar surface area (TPSA) is 61.4 Å². The molecule has 0 aliphatic carbocycles. The number of piperidine rings is 1. The first-order valence-electron chi connectivity index (χ1n) is 7.40. The number of nitrogens with one attached hydrogen (secondary N) is 2. The number of carbonyl (C=O) groups excluding carboxylic acids is 2. The smallest absolute Gasteiger partial charge is 0.237 e. The molecule has 2 aliphatic rings. The molecule has 0 radical (unpaired) electrons. The average molecular weight is 267 g/mol. The van der Waals surface area contributed by atoms with Gasteiger partial charge in [0.15, 0.2) is 0 Å². The maximum atomic E-state index is 12.0. The minimum absolute atomic E-state index is 0.00433. The third kappa shape index (κ3) is 3.69. The van der Waals surface area contributed by atoms with Crippen LogP contribution in [0.25, 0.3) is 0 Å². The summed E-state index contributed by atoms with van der Waals surface area (Å²) in [6.45, 7) is 6.34. The highest BCUT2D eigenvalue weighted by Gasteiger charge is 2.28. The van der Waals surface area contributed by atoms with Crippen LogP contribution in [0.5, 0.6) is 0 Å². The lowest BCUT2D eigenvalue weighted by Crippen LogP contribution is -2.50. The summed E-state index contributed by atoms with van der Waals surface area (Å²) < 4.78 is 0. The lowest BCUT2D eigenvalue weighted by molar-refractivity contribution is -0.135. The summed E-state index contributed by atoms with van der Waals surface area (Å²) in [6, 6.07) is 0.224. The minimum Gasteiger partial charge on any atom is -0.352 e. The molecule has 2 N–H and O–H groups in total.